The van der Waals surface area contributed by atoms with Crippen molar-refractivity contribution in [1.82, 2.24) is 5.32 Å². The van der Waals surface area contributed by atoms with Gasteiger partial charge in [0.15, 0.2) is 0 Å². The van der Waals surface area contributed by atoms with Crippen LogP contribution in [0.15, 0.2) is 0 Å². The van der Waals surface area contributed by atoms with Crippen molar-refractivity contribution in [2.24, 2.45) is 5.92 Å². The Bertz CT molecular complexity index is 202. The second kappa shape index (κ2) is 11.6. The Balaban J connectivity index is 3.60. The molecule has 19 heavy (non-hydrogen) atoms. The molecule has 0 bridgehead atoms. The van der Waals surface area contributed by atoms with Gasteiger partial charge >= 0.3 is 0 Å². The van der Waals surface area contributed by atoms with Crippen molar-refractivity contribution >= 4 is 0 Å². The fourth-order valence-electron chi connectivity index (χ4n) is 1.87. The minimum absolute atomic E-state index is 0.0120. The Labute approximate surface area is 117 Å². The highest BCUT2D eigenvalue weighted by Crippen LogP contribution is 2.07. The summed E-state index contributed by atoms with van der Waals surface area (Å²) in [7, 11) is 3.29. The number of methoxy groups -OCH3 is 2. The molecule has 3 atom stereocenters. The van der Waals surface area contributed by atoms with Gasteiger partial charge in [-0.3, -0.25) is 0 Å². The number of hydrogen-bond donors (Lipinski definition) is 2. The first-order chi connectivity index (χ1) is 8.99. The van der Waals surface area contributed by atoms with E-state index in [0.29, 0.717) is 32.2 Å². The van der Waals surface area contributed by atoms with Crippen molar-refractivity contribution in [1.29, 1.82) is 0 Å². The van der Waals surface area contributed by atoms with E-state index in [1.807, 2.05) is 6.92 Å². The van der Waals surface area contributed by atoms with Gasteiger partial charge in [-0.2, -0.15) is 0 Å². The van der Waals surface area contributed by atoms with Crippen LogP contribution in [0.4, 0.5) is 0 Å². The minimum atomic E-state index is -0.491. The van der Waals surface area contributed by atoms with Crippen molar-refractivity contribution < 1.29 is 19.3 Å². The fraction of sp³-hybridized carbons (Fsp3) is 1.00. The summed E-state index contributed by atoms with van der Waals surface area (Å²) < 4.78 is 15.8. The average Bonchev–Trinajstić information content (AvgIpc) is 2.34. The van der Waals surface area contributed by atoms with E-state index in [1.165, 1.54) is 0 Å². The minimum Gasteiger partial charge on any atom is -0.389 e. The van der Waals surface area contributed by atoms with Gasteiger partial charge in [-0.1, -0.05) is 13.8 Å². The lowest BCUT2D eigenvalue weighted by atomic mass is 10.1. The molecule has 0 heterocycles. The second-order valence-electron chi connectivity index (χ2n) is 5.40. The predicted octanol–water partition coefficient (Wildman–Crippen LogP) is 1.05. The normalized spacial score (nSPS) is 16.6. The van der Waals surface area contributed by atoms with Crippen molar-refractivity contribution in [2.45, 2.75) is 45.5 Å². The van der Waals surface area contributed by atoms with E-state index in [2.05, 4.69) is 19.2 Å². The van der Waals surface area contributed by atoms with E-state index in [9.17, 15) is 5.11 Å². The van der Waals surface area contributed by atoms with Gasteiger partial charge in [-0.25, -0.2) is 0 Å². The molecule has 0 aliphatic heterocycles. The summed E-state index contributed by atoms with van der Waals surface area (Å²) in [5.41, 5.74) is 0. The van der Waals surface area contributed by atoms with Crippen molar-refractivity contribution in [3.63, 3.8) is 0 Å². The van der Waals surface area contributed by atoms with Crippen LogP contribution < -0.4 is 5.32 Å². The lowest BCUT2D eigenvalue weighted by Crippen LogP contribution is -2.38. The number of nitrogens with one attached hydrogen (secondary N) is 1. The first kappa shape index (κ1) is 18.8. The van der Waals surface area contributed by atoms with E-state index in [1.54, 1.807) is 14.2 Å². The smallest absolute Gasteiger partial charge is 0.0928 e. The third-order valence-corrected chi connectivity index (χ3v) is 2.81. The van der Waals surface area contributed by atoms with Crippen LogP contribution in [0.1, 0.15) is 27.2 Å². The van der Waals surface area contributed by atoms with Crippen molar-refractivity contribution in [2.75, 3.05) is 40.5 Å². The predicted molar refractivity (Wildman–Crippen MR) is 76.4 cm³/mol. The molecule has 0 aromatic heterocycles. The van der Waals surface area contributed by atoms with Gasteiger partial charge in [0.25, 0.3) is 0 Å². The van der Waals surface area contributed by atoms with Crippen molar-refractivity contribution in [3.8, 4) is 0 Å². The van der Waals surface area contributed by atoms with Crippen LogP contribution in [0, 0.1) is 5.92 Å². The third kappa shape index (κ3) is 11.3. The fourth-order valence-corrected chi connectivity index (χ4v) is 1.87. The molecule has 0 amide bonds. The van der Waals surface area contributed by atoms with Crippen LogP contribution in [0.2, 0.25) is 0 Å². The number of aliphatic hydroxyl groups excluding tert-OH is 1. The molecule has 3 unspecified atom stereocenters. The van der Waals surface area contributed by atoms with Crippen LogP contribution in [0.25, 0.3) is 0 Å². The highest BCUT2D eigenvalue weighted by Gasteiger charge is 2.11. The van der Waals surface area contributed by atoms with Gasteiger partial charge in [0.1, 0.15) is 0 Å². The molecule has 5 nitrogen and oxygen atoms in total. The van der Waals surface area contributed by atoms with Crippen molar-refractivity contribution in [3.05, 3.63) is 0 Å². The summed E-state index contributed by atoms with van der Waals surface area (Å²) >= 11 is 0. The Morgan fingerprint density at radius 1 is 1.05 bits per heavy atom. The zero-order chi connectivity index (χ0) is 14.7. The molecule has 5 heteroatoms. The molecule has 0 aliphatic rings. The number of aliphatic hydroxyl groups is 1. The van der Waals surface area contributed by atoms with Gasteiger partial charge in [0.2, 0.25) is 0 Å². The van der Waals surface area contributed by atoms with E-state index in [0.717, 1.165) is 6.42 Å². The number of hydrogen-bond acceptors (Lipinski definition) is 5. The summed E-state index contributed by atoms with van der Waals surface area (Å²) in [6.07, 6.45) is 0.724. The maximum absolute atomic E-state index is 9.79. The molecule has 0 saturated heterocycles. The van der Waals surface area contributed by atoms with E-state index in [-0.39, 0.29) is 12.2 Å². The summed E-state index contributed by atoms with van der Waals surface area (Å²) in [4.78, 5) is 0. The zero-order valence-electron chi connectivity index (χ0n) is 13.0. The SMILES string of the molecule is COCC(CNCC(O)COC(C)CC(C)C)OC. The van der Waals surface area contributed by atoms with Gasteiger partial charge in [-0.15, -0.1) is 0 Å². The number of rotatable bonds is 12. The summed E-state index contributed by atoms with van der Waals surface area (Å²) in [5.74, 6) is 0.613. The summed E-state index contributed by atoms with van der Waals surface area (Å²) in [6, 6.07) is 0. The van der Waals surface area contributed by atoms with Crippen LogP contribution in [-0.4, -0.2) is 63.9 Å². The van der Waals surface area contributed by atoms with E-state index in [4.69, 9.17) is 14.2 Å². The molecule has 0 aromatic carbocycles. The molecular formula is C14H31NO4. The quantitative estimate of drug-likeness (QED) is 0.558. The molecule has 0 rings (SSSR count). The highest BCUT2D eigenvalue weighted by atomic mass is 16.5. The maximum Gasteiger partial charge on any atom is 0.0928 e. The molecular weight excluding hydrogens is 246 g/mol. The molecule has 0 spiro atoms. The largest absolute Gasteiger partial charge is 0.389 e. The van der Waals surface area contributed by atoms with Crippen LogP contribution in [0.5, 0.6) is 0 Å². The lowest BCUT2D eigenvalue weighted by Gasteiger charge is -2.19. The van der Waals surface area contributed by atoms with E-state index < -0.39 is 6.10 Å². The monoisotopic (exact) mass is 277 g/mol. The molecule has 0 aliphatic carbocycles. The molecule has 2 N–H and O–H groups in total. The first-order valence-corrected chi connectivity index (χ1v) is 7.01. The average molecular weight is 277 g/mol. The molecule has 0 radical (unpaired) electrons. The van der Waals surface area contributed by atoms with Gasteiger partial charge in [-0.05, 0) is 19.3 Å². The van der Waals surface area contributed by atoms with Crippen LogP contribution in [0.3, 0.4) is 0 Å². The Hall–Kier alpha value is -0.200. The molecule has 0 saturated carbocycles. The highest BCUT2D eigenvalue weighted by molar-refractivity contribution is 4.65. The Morgan fingerprint density at radius 3 is 2.26 bits per heavy atom. The molecule has 0 fully saturated rings. The summed E-state index contributed by atoms with van der Waals surface area (Å²) in [6.45, 7) is 8.43. The lowest BCUT2D eigenvalue weighted by molar-refractivity contribution is -0.0117. The maximum atomic E-state index is 9.79. The van der Waals surface area contributed by atoms with Gasteiger partial charge in [0.05, 0.1) is 31.5 Å². The topological polar surface area (TPSA) is 60.0 Å². The van der Waals surface area contributed by atoms with Crippen LogP contribution >= 0.6 is 0 Å². The standard InChI is InChI=1S/C14H31NO4/c1-11(2)6-12(3)19-9-13(16)7-15-8-14(18-5)10-17-4/h11-16H,6-10H2,1-5H3. The Kier molecular flexibility index (Phi) is 11.5. The summed E-state index contributed by atoms with van der Waals surface area (Å²) in [5, 5.41) is 12.9. The third-order valence-electron chi connectivity index (χ3n) is 2.81. The molecule has 0 aromatic rings. The Morgan fingerprint density at radius 2 is 1.74 bits per heavy atom. The zero-order valence-corrected chi connectivity index (χ0v) is 13.0. The first-order valence-electron chi connectivity index (χ1n) is 7.01. The van der Waals surface area contributed by atoms with Crippen LogP contribution in [-0.2, 0) is 14.2 Å². The number of ether oxygens (including phenoxy) is 3. The van der Waals surface area contributed by atoms with Gasteiger partial charge in [0, 0.05) is 27.3 Å². The van der Waals surface area contributed by atoms with E-state index >= 15 is 0 Å². The molecule has 116 valence electrons. The van der Waals surface area contributed by atoms with Gasteiger partial charge < -0.3 is 24.6 Å². The second-order valence-corrected chi connectivity index (χ2v) is 5.40.